The molecule has 6 nitrogen and oxygen atoms in total. The van der Waals surface area contributed by atoms with Crippen LogP contribution in [0.25, 0.3) is 0 Å². The predicted molar refractivity (Wildman–Crippen MR) is 136 cm³/mol. The van der Waals surface area contributed by atoms with Crippen molar-refractivity contribution >= 4 is 32.2 Å². The molecule has 0 radical (unpaired) electrons. The van der Waals surface area contributed by atoms with Crippen molar-refractivity contribution in [3.05, 3.63) is 71.0 Å². The molecular weight excluding hydrogens is 471 g/mol. The van der Waals surface area contributed by atoms with Crippen LogP contribution in [0, 0.1) is 12.7 Å². The van der Waals surface area contributed by atoms with Crippen LogP contribution in [-0.4, -0.2) is 36.9 Å². The summed E-state index contributed by atoms with van der Waals surface area (Å²) in [5.74, 6) is -0.777. The number of hydrogen-bond donors (Lipinski definition) is 2. The Morgan fingerprint density at radius 3 is 2.65 bits per heavy atom. The Morgan fingerprint density at radius 2 is 1.94 bits per heavy atom. The van der Waals surface area contributed by atoms with Crippen molar-refractivity contribution in [2.45, 2.75) is 63.1 Å². The van der Waals surface area contributed by atoms with E-state index >= 15 is 4.39 Å². The van der Waals surface area contributed by atoms with Crippen molar-refractivity contribution in [1.82, 2.24) is 9.88 Å². The molecule has 1 aliphatic rings. The van der Waals surface area contributed by atoms with Crippen molar-refractivity contribution in [3.63, 3.8) is 0 Å². The number of likely N-dealkylation sites (N-methyl/N-ethyl adjacent to an activating group) is 1. The van der Waals surface area contributed by atoms with Gasteiger partial charge in [0.2, 0.25) is 0 Å². The van der Waals surface area contributed by atoms with Gasteiger partial charge in [-0.1, -0.05) is 50.1 Å². The summed E-state index contributed by atoms with van der Waals surface area (Å²) in [6.07, 6.45) is 5.84. The SMILES string of the molecule is CCN(Cc1ccccc1)[C@H]1CCCC[C@@H]1Nc1cc(F)c(S(=O)(=O)Nc2nccs2)cc1C. The highest BCUT2D eigenvalue weighted by molar-refractivity contribution is 7.93. The van der Waals surface area contributed by atoms with Gasteiger partial charge in [0, 0.05) is 35.9 Å². The lowest BCUT2D eigenvalue weighted by molar-refractivity contribution is 0.143. The molecule has 182 valence electrons. The molecule has 9 heteroatoms. The third-order valence-electron chi connectivity index (χ3n) is 6.40. The Morgan fingerprint density at radius 1 is 1.18 bits per heavy atom. The van der Waals surface area contributed by atoms with E-state index < -0.39 is 15.8 Å². The van der Waals surface area contributed by atoms with E-state index in [1.807, 2.05) is 13.0 Å². The fourth-order valence-electron chi connectivity index (χ4n) is 4.66. The van der Waals surface area contributed by atoms with Crippen LogP contribution in [0.15, 0.2) is 58.9 Å². The average Bonchev–Trinajstić information content (AvgIpc) is 3.33. The van der Waals surface area contributed by atoms with E-state index in [1.165, 1.54) is 30.3 Å². The summed E-state index contributed by atoms with van der Waals surface area (Å²) in [5, 5.41) is 5.43. The van der Waals surface area contributed by atoms with Crippen molar-refractivity contribution in [3.8, 4) is 0 Å². The standard InChI is InChI=1S/C25H31FN4O2S2/c1-3-30(17-19-9-5-4-6-10-19)23-12-8-7-11-21(23)28-22-16-20(26)24(15-18(22)2)34(31,32)29-25-27-13-14-33-25/h4-6,9-10,13-16,21,23,28H,3,7-8,11-12,17H2,1-2H3,(H,27,29)/t21-,23-/m0/s1. The van der Waals surface area contributed by atoms with Gasteiger partial charge in [0.25, 0.3) is 10.0 Å². The first-order valence-corrected chi connectivity index (χ1v) is 14.0. The lowest BCUT2D eigenvalue weighted by Crippen LogP contribution is -2.48. The van der Waals surface area contributed by atoms with Crippen LogP contribution in [0.1, 0.15) is 43.7 Å². The Kier molecular flexibility index (Phi) is 7.85. The maximum absolute atomic E-state index is 15.0. The van der Waals surface area contributed by atoms with Crippen LogP contribution in [0.4, 0.5) is 15.2 Å². The topological polar surface area (TPSA) is 74.3 Å². The number of aryl methyl sites for hydroxylation is 1. The van der Waals surface area contributed by atoms with Gasteiger partial charge in [-0.15, -0.1) is 11.3 Å². The van der Waals surface area contributed by atoms with Gasteiger partial charge in [0.1, 0.15) is 10.7 Å². The zero-order chi connectivity index (χ0) is 24.1. The highest BCUT2D eigenvalue weighted by Crippen LogP contribution is 2.31. The molecule has 1 aromatic heterocycles. The number of nitrogens with zero attached hydrogens (tertiary/aromatic N) is 2. The van der Waals surface area contributed by atoms with E-state index in [1.54, 1.807) is 5.38 Å². The minimum atomic E-state index is -4.06. The molecule has 3 aromatic rings. The van der Waals surface area contributed by atoms with Gasteiger partial charge < -0.3 is 5.32 Å². The van der Waals surface area contributed by atoms with Gasteiger partial charge in [-0.2, -0.15) is 0 Å². The first-order chi connectivity index (χ1) is 16.4. The summed E-state index contributed by atoms with van der Waals surface area (Å²) >= 11 is 1.15. The smallest absolute Gasteiger partial charge is 0.266 e. The highest BCUT2D eigenvalue weighted by Gasteiger charge is 2.30. The lowest BCUT2D eigenvalue weighted by atomic mass is 9.88. The molecule has 0 spiro atoms. The van der Waals surface area contributed by atoms with Crippen LogP contribution in [0.2, 0.25) is 0 Å². The van der Waals surface area contributed by atoms with Crippen molar-refractivity contribution in [2.75, 3.05) is 16.6 Å². The van der Waals surface area contributed by atoms with Crippen molar-refractivity contribution in [1.29, 1.82) is 0 Å². The summed E-state index contributed by atoms with van der Waals surface area (Å²) in [7, 11) is -4.06. The molecule has 0 unspecified atom stereocenters. The molecule has 1 fully saturated rings. The van der Waals surface area contributed by atoms with Crippen molar-refractivity contribution < 1.29 is 12.8 Å². The number of sulfonamides is 1. The molecular formula is C25H31FN4O2S2. The average molecular weight is 503 g/mol. The third-order valence-corrected chi connectivity index (χ3v) is 8.57. The Balaban J connectivity index is 1.54. The fraction of sp³-hybridized carbons (Fsp3) is 0.400. The fourth-order valence-corrected chi connectivity index (χ4v) is 6.59. The Bertz CT molecular complexity index is 1190. The van der Waals surface area contributed by atoms with Gasteiger partial charge in [0.15, 0.2) is 5.13 Å². The molecule has 0 saturated heterocycles. The summed E-state index contributed by atoms with van der Waals surface area (Å²) in [6, 6.07) is 13.6. The minimum absolute atomic E-state index is 0.159. The number of aromatic nitrogens is 1. The Hall–Kier alpha value is -2.49. The molecule has 1 saturated carbocycles. The first kappa shape index (κ1) is 24.6. The molecule has 0 bridgehead atoms. The summed E-state index contributed by atoms with van der Waals surface area (Å²) in [5.41, 5.74) is 2.60. The second-order valence-electron chi connectivity index (χ2n) is 8.69. The van der Waals surface area contributed by atoms with E-state index in [0.717, 1.165) is 43.7 Å². The second kappa shape index (κ2) is 10.8. The van der Waals surface area contributed by atoms with Gasteiger partial charge in [-0.3, -0.25) is 9.62 Å². The maximum Gasteiger partial charge on any atom is 0.266 e. The summed E-state index contributed by atoms with van der Waals surface area (Å²) in [6.45, 7) is 5.77. The molecule has 0 amide bonds. The molecule has 1 heterocycles. The summed E-state index contributed by atoms with van der Waals surface area (Å²) in [4.78, 5) is 6.04. The number of nitrogens with one attached hydrogen (secondary N) is 2. The number of rotatable bonds is 9. The molecule has 2 aromatic carbocycles. The zero-order valence-corrected chi connectivity index (χ0v) is 21.1. The molecule has 0 aliphatic heterocycles. The van der Waals surface area contributed by atoms with E-state index in [9.17, 15) is 8.42 Å². The van der Waals surface area contributed by atoms with E-state index in [-0.39, 0.29) is 16.1 Å². The molecule has 2 atom stereocenters. The maximum atomic E-state index is 15.0. The van der Waals surface area contributed by atoms with Gasteiger partial charge in [-0.25, -0.2) is 17.8 Å². The van der Waals surface area contributed by atoms with Crippen LogP contribution < -0.4 is 10.0 Å². The molecule has 4 rings (SSSR count). The lowest BCUT2D eigenvalue weighted by Gasteiger charge is -2.40. The molecule has 1 aliphatic carbocycles. The molecule has 2 N–H and O–H groups in total. The number of anilines is 2. The number of hydrogen-bond acceptors (Lipinski definition) is 6. The van der Waals surface area contributed by atoms with Crippen LogP contribution in [0.5, 0.6) is 0 Å². The van der Waals surface area contributed by atoms with Crippen LogP contribution in [-0.2, 0) is 16.6 Å². The number of halogens is 1. The van der Waals surface area contributed by atoms with E-state index in [0.29, 0.717) is 17.3 Å². The minimum Gasteiger partial charge on any atom is -0.380 e. The second-order valence-corrected chi connectivity index (χ2v) is 11.2. The van der Waals surface area contributed by atoms with Crippen molar-refractivity contribution in [2.24, 2.45) is 0 Å². The van der Waals surface area contributed by atoms with E-state index in [2.05, 4.69) is 51.1 Å². The van der Waals surface area contributed by atoms with E-state index in [4.69, 9.17) is 0 Å². The third kappa shape index (κ3) is 5.76. The highest BCUT2D eigenvalue weighted by atomic mass is 32.2. The van der Waals surface area contributed by atoms with Crippen LogP contribution >= 0.6 is 11.3 Å². The number of benzene rings is 2. The number of thiazole rings is 1. The monoisotopic (exact) mass is 502 g/mol. The predicted octanol–water partition coefficient (Wildman–Crippen LogP) is 5.64. The quantitative estimate of drug-likeness (QED) is 0.396. The van der Waals surface area contributed by atoms with Crippen LogP contribution in [0.3, 0.4) is 0 Å². The molecule has 34 heavy (non-hydrogen) atoms. The zero-order valence-electron chi connectivity index (χ0n) is 19.5. The van der Waals surface area contributed by atoms with Gasteiger partial charge in [-0.05, 0) is 49.6 Å². The summed E-state index contributed by atoms with van der Waals surface area (Å²) < 4.78 is 42.8. The van der Waals surface area contributed by atoms with Gasteiger partial charge in [0.05, 0.1) is 0 Å². The normalized spacial score (nSPS) is 18.7. The van der Waals surface area contributed by atoms with Gasteiger partial charge >= 0.3 is 0 Å². The Labute approximate surface area is 205 Å². The largest absolute Gasteiger partial charge is 0.380 e. The first-order valence-electron chi connectivity index (χ1n) is 11.6.